The van der Waals surface area contributed by atoms with Crippen LogP contribution in [0.5, 0.6) is 5.75 Å². The molecule has 6 nitrogen and oxygen atoms in total. The van der Waals surface area contributed by atoms with Gasteiger partial charge in [-0.2, -0.15) is 0 Å². The van der Waals surface area contributed by atoms with Crippen molar-refractivity contribution in [2.45, 2.75) is 62.8 Å². The van der Waals surface area contributed by atoms with Gasteiger partial charge in [0.05, 0.1) is 17.2 Å². The second-order valence-corrected chi connectivity index (χ2v) is 9.87. The third-order valence-electron chi connectivity index (χ3n) is 5.32. The van der Waals surface area contributed by atoms with Crippen LogP contribution in [0.4, 0.5) is 5.69 Å². The first-order valence-corrected chi connectivity index (χ1v) is 12.6. The minimum Gasteiger partial charge on any atom is -0.492 e. The van der Waals surface area contributed by atoms with Crippen LogP contribution in [-0.2, 0) is 10.0 Å². The average Bonchev–Trinajstić information content (AvgIpc) is 2.71. The monoisotopic (exact) mass is 464 g/mol. The molecule has 0 atom stereocenters. The van der Waals surface area contributed by atoms with Crippen molar-refractivity contribution in [2.75, 3.05) is 11.9 Å². The van der Waals surface area contributed by atoms with E-state index in [2.05, 4.69) is 10.0 Å². The van der Waals surface area contributed by atoms with E-state index >= 15 is 0 Å². The van der Waals surface area contributed by atoms with E-state index in [0.717, 1.165) is 38.5 Å². The smallest absolute Gasteiger partial charge is 0.255 e. The van der Waals surface area contributed by atoms with E-state index in [1.54, 1.807) is 30.3 Å². The van der Waals surface area contributed by atoms with Gasteiger partial charge >= 0.3 is 0 Å². The van der Waals surface area contributed by atoms with Gasteiger partial charge in [0.15, 0.2) is 0 Å². The third kappa shape index (κ3) is 6.69. The number of halogens is 1. The third-order valence-corrected chi connectivity index (χ3v) is 7.08. The molecule has 8 heteroatoms. The van der Waals surface area contributed by atoms with Crippen LogP contribution >= 0.6 is 11.6 Å². The van der Waals surface area contributed by atoms with Crippen molar-refractivity contribution >= 4 is 33.2 Å². The molecule has 1 fully saturated rings. The van der Waals surface area contributed by atoms with Crippen LogP contribution in [0.3, 0.4) is 0 Å². The Balaban J connectivity index is 1.83. The second kappa shape index (κ2) is 11.0. The Kier molecular flexibility index (Phi) is 8.35. The molecule has 0 unspecified atom stereocenters. The Morgan fingerprint density at radius 3 is 2.45 bits per heavy atom. The number of hydrogen-bond donors (Lipinski definition) is 2. The van der Waals surface area contributed by atoms with Crippen molar-refractivity contribution in [2.24, 2.45) is 0 Å². The maximum atomic E-state index is 13.0. The van der Waals surface area contributed by atoms with Crippen LogP contribution in [0.15, 0.2) is 47.4 Å². The standard InChI is InChI=1S/C23H29ClN2O4S/c1-2-30-22-14-13-20(31(28,29)26-19-11-6-4-3-5-7-12-19)16-21(22)25-23(27)17-9-8-10-18(24)15-17/h8-10,13-16,19,26H,2-7,11-12H2,1H3,(H,25,27). The highest BCUT2D eigenvalue weighted by Crippen LogP contribution is 2.29. The van der Waals surface area contributed by atoms with Crippen LogP contribution in [0.25, 0.3) is 0 Å². The summed E-state index contributed by atoms with van der Waals surface area (Å²) in [5.41, 5.74) is 0.670. The van der Waals surface area contributed by atoms with Gasteiger partial charge in [0.25, 0.3) is 5.91 Å². The van der Waals surface area contributed by atoms with Crippen LogP contribution in [0.2, 0.25) is 5.02 Å². The zero-order valence-corrected chi connectivity index (χ0v) is 19.3. The molecule has 0 aliphatic heterocycles. The van der Waals surface area contributed by atoms with E-state index in [1.807, 2.05) is 6.92 Å². The summed E-state index contributed by atoms with van der Waals surface area (Å²) >= 11 is 5.98. The summed E-state index contributed by atoms with van der Waals surface area (Å²) in [7, 11) is -3.73. The highest BCUT2D eigenvalue weighted by molar-refractivity contribution is 7.89. The van der Waals surface area contributed by atoms with Crippen molar-refractivity contribution in [3.63, 3.8) is 0 Å². The van der Waals surface area contributed by atoms with Crippen molar-refractivity contribution in [3.05, 3.63) is 53.1 Å². The Morgan fingerprint density at radius 1 is 1.06 bits per heavy atom. The number of hydrogen-bond acceptors (Lipinski definition) is 4. The fourth-order valence-corrected chi connectivity index (χ4v) is 5.26. The molecule has 0 saturated heterocycles. The molecule has 0 radical (unpaired) electrons. The number of ether oxygens (including phenoxy) is 1. The number of rotatable bonds is 7. The molecule has 0 spiro atoms. The molecule has 2 N–H and O–H groups in total. The van der Waals surface area contributed by atoms with E-state index in [1.165, 1.54) is 18.6 Å². The Labute approximate surface area is 189 Å². The molecule has 1 aliphatic rings. The second-order valence-electron chi connectivity index (χ2n) is 7.72. The highest BCUT2D eigenvalue weighted by atomic mass is 35.5. The highest BCUT2D eigenvalue weighted by Gasteiger charge is 2.22. The van der Waals surface area contributed by atoms with Gasteiger partial charge in [0.1, 0.15) is 5.75 Å². The molecule has 1 saturated carbocycles. The van der Waals surface area contributed by atoms with Gasteiger partial charge in [0.2, 0.25) is 10.0 Å². The van der Waals surface area contributed by atoms with Gasteiger partial charge in [-0.15, -0.1) is 0 Å². The number of sulfonamides is 1. The van der Waals surface area contributed by atoms with Gasteiger partial charge in [-0.3, -0.25) is 4.79 Å². The quantitative estimate of drug-likeness (QED) is 0.575. The number of carbonyl (C=O) groups is 1. The van der Waals surface area contributed by atoms with Crippen molar-refractivity contribution < 1.29 is 17.9 Å². The van der Waals surface area contributed by atoms with Crippen LogP contribution in [-0.4, -0.2) is 27.0 Å². The molecule has 2 aromatic carbocycles. The minimum absolute atomic E-state index is 0.0682. The van der Waals surface area contributed by atoms with Crippen molar-refractivity contribution in [1.82, 2.24) is 4.72 Å². The van der Waals surface area contributed by atoms with Crippen LogP contribution in [0, 0.1) is 0 Å². The molecular formula is C23H29ClN2O4S. The first-order valence-electron chi connectivity index (χ1n) is 10.7. The summed E-state index contributed by atoms with van der Waals surface area (Å²) in [6, 6.07) is 11.0. The number of anilines is 1. The SMILES string of the molecule is CCOc1ccc(S(=O)(=O)NC2CCCCCCC2)cc1NC(=O)c1cccc(Cl)c1. The van der Waals surface area contributed by atoms with Crippen molar-refractivity contribution in [1.29, 1.82) is 0 Å². The lowest BCUT2D eigenvalue weighted by Crippen LogP contribution is -2.35. The summed E-state index contributed by atoms with van der Waals surface area (Å²) in [5.74, 6) is 0.00811. The van der Waals surface area contributed by atoms with Gasteiger partial charge < -0.3 is 10.1 Å². The lowest BCUT2D eigenvalue weighted by Gasteiger charge is -2.21. The summed E-state index contributed by atoms with van der Waals surface area (Å²) in [6.45, 7) is 2.20. The zero-order chi connectivity index (χ0) is 22.3. The lowest BCUT2D eigenvalue weighted by molar-refractivity contribution is 0.102. The fraction of sp³-hybridized carbons (Fsp3) is 0.435. The van der Waals surface area contributed by atoms with Gasteiger partial charge in [-0.05, 0) is 56.2 Å². The first-order chi connectivity index (χ1) is 14.9. The molecule has 2 aromatic rings. The zero-order valence-electron chi connectivity index (χ0n) is 17.7. The van der Waals surface area contributed by atoms with Gasteiger partial charge in [0, 0.05) is 16.6 Å². The van der Waals surface area contributed by atoms with Crippen LogP contribution < -0.4 is 14.8 Å². The van der Waals surface area contributed by atoms with E-state index in [0.29, 0.717) is 28.6 Å². The van der Waals surface area contributed by atoms with Crippen LogP contribution in [0.1, 0.15) is 62.2 Å². The first kappa shape index (κ1) is 23.6. The largest absolute Gasteiger partial charge is 0.492 e. The molecule has 0 aromatic heterocycles. The Bertz CT molecular complexity index is 1000. The van der Waals surface area contributed by atoms with Gasteiger partial charge in [-0.25, -0.2) is 13.1 Å². The normalized spacial score (nSPS) is 15.7. The predicted molar refractivity (Wildman–Crippen MR) is 123 cm³/mol. The molecule has 0 heterocycles. The Morgan fingerprint density at radius 2 is 1.77 bits per heavy atom. The molecule has 0 bridgehead atoms. The lowest BCUT2D eigenvalue weighted by atomic mass is 9.97. The summed E-state index contributed by atoms with van der Waals surface area (Å²) in [5, 5.41) is 3.20. The fourth-order valence-electron chi connectivity index (χ4n) is 3.74. The number of nitrogens with one attached hydrogen (secondary N) is 2. The average molecular weight is 465 g/mol. The molecule has 168 valence electrons. The van der Waals surface area contributed by atoms with E-state index in [9.17, 15) is 13.2 Å². The van der Waals surface area contributed by atoms with E-state index in [4.69, 9.17) is 16.3 Å². The molecule has 3 rings (SSSR count). The number of amides is 1. The number of benzene rings is 2. The topological polar surface area (TPSA) is 84.5 Å². The van der Waals surface area contributed by atoms with E-state index < -0.39 is 15.9 Å². The molecule has 31 heavy (non-hydrogen) atoms. The summed E-state index contributed by atoms with van der Waals surface area (Å²) in [6.07, 6.45) is 7.23. The molecule has 1 aliphatic carbocycles. The summed E-state index contributed by atoms with van der Waals surface area (Å²) < 4.78 is 34.5. The minimum atomic E-state index is -3.73. The summed E-state index contributed by atoms with van der Waals surface area (Å²) in [4.78, 5) is 12.8. The van der Waals surface area contributed by atoms with Crippen molar-refractivity contribution in [3.8, 4) is 5.75 Å². The molecule has 1 amide bonds. The molecular weight excluding hydrogens is 436 g/mol. The van der Waals surface area contributed by atoms with E-state index in [-0.39, 0.29) is 10.9 Å². The Hall–Kier alpha value is -2.09. The number of carbonyl (C=O) groups excluding carboxylic acids is 1. The maximum Gasteiger partial charge on any atom is 0.255 e. The maximum absolute atomic E-state index is 13.0. The van der Waals surface area contributed by atoms with Gasteiger partial charge in [-0.1, -0.05) is 49.8 Å². The predicted octanol–water partition coefficient (Wildman–Crippen LogP) is 5.38.